The minimum absolute atomic E-state index is 0.0215. The van der Waals surface area contributed by atoms with E-state index in [2.05, 4.69) is 31.9 Å². The van der Waals surface area contributed by atoms with Crippen LogP contribution in [0.4, 0.5) is 21.9 Å². The van der Waals surface area contributed by atoms with Gasteiger partial charge >= 0.3 is 6.03 Å². The fourth-order valence-corrected chi connectivity index (χ4v) is 2.52. The number of urea groups is 1. The van der Waals surface area contributed by atoms with Gasteiger partial charge in [-0.3, -0.25) is 0 Å². The number of anilines is 3. The van der Waals surface area contributed by atoms with Crippen LogP contribution in [0.5, 0.6) is 0 Å². The standard InChI is InChI=1S/C16H18BrN3O3/c17-12-7-13(18-5-6-21)9-14(8-12)19-16(23)20-15-4-2-1-3-11(15)10-22/h1-4,7-9,18,21-22H,5-6,10H2,(H2,19,20,23). The number of aliphatic hydroxyl groups excluding tert-OH is 2. The highest BCUT2D eigenvalue weighted by molar-refractivity contribution is 9.10. The van der Waals surface area contributed by atoms with E-state index in [1.165, 1.54) is 0 Å². The molecule has 122 valence electrons. The first-order valence-electron chi connectivity index (χ1n) is 7.04. The molecule has 0 aliphatic carbocycles. The van der Waals surface area contributed by atoms with Gasteiger partial charge in [-0.15, -0.1) is 0 Å². The van der Waals surface area contributed by atoms with Crippen LogP contribution < -0.4 is 16.0 Å². The molecule has 0 aliphatic rings. The van der Waals surface area contributed by atoms with E-state index in [1.54, 1.807) is 36.4 Å². The van der Waals surface area contributed by atoms with Gasteiger partial charge in [0.05, 0.1) is 13.2 Å². The summed E-state index contributed by atoms with van der Waals surface area (Å²) in [5, 5.41) is 26.6. The van der Waals surface area contributed by atoms with Crippen LogP contribution in [0.15, 0.2) is 46.9 Å². The van der Waals surface area contributed by atoms with Crippen molar-refractivity contribution in [2.45, 2.75) is 6.61 Å². The molecule has 0 fully saturated rings. The molecule has 7 heteroatoms. The Hall–Kier alpha value is -2.09. The second-order valence-electron chi connectivity index (χ2n) is 4.77. The molecule has 0 spiro atoms. The first-order valence-corrected chi connectivity index (χ1v) is 7.84. The Kier molecular flexibility index (Phi) is 6.40. The Balaban J connectivity index is 2.06. The number of rotatable bonds is 6. The monoisotopic (exact) mass is 379 g/mol. The van der Waals surface area contributed by atoms with Gasteiger partial charge in [0, 0.05) is 33.6 Å². The van der Waals surface area contributed by atoms with Crippen LogP contribution in [0, 0.1) is 0 Å². The van der Waals surface area contributed by atoms with Crippen LogP contribution in [-0.4, -0.2) is 29.4 Å². The zero-order valence-corrected chi connectivity index (χ0v) is 13.9. The average molecular weight is 380 g/mol. The number of halogens is 1. The Morgan fingerprint density at radius 2 is 1.78 bits per heavy atom. The fourth-order valence-electron chi connectivity index (χ4n) is 2.03. The predicted molar refractivity (Wildman–Crippen MR) is 94.7 cm³/mol. The number of carbonyl (C=O) groups excluding carboxylic acids is 1. The lowest BCUT2D eigenvalue weighted by atomic mass is 10.2. The molecule has 0 radical (unpaired) electrons. The van der Waals surface area contributed by atoms with Gasteiger partial charge in [0.2, 0.25) is 0 Å². The smallest absolute Gasteiger partial charge is 0.323 e. The summed E-state index contributed by atoms with van der Waals surface area (Å²) in [4.78, 5) is 12.1. The lowest BCUT2D eigenvalue weighted by Crippen LogP contribution is -2.20. The predicted octanol–water partition coefficient (Wildman–Crippen LogP) is 2.99. The molecule has 6 nitrogen and oxygen atoms in total. The zero-order valence-electron chi connectivity index (χ0n) is 12.3. The van der Waals surface area contributed by atoms with Crippen molar-refractivity contribution in [2.24, 2.45) is 0 Å². The summed E-state index contributed by atoms with van der Waals surface area (Å²) < 4.78 is 0.798. The van der Waals surface area contributed by atoms with Crippen molar-refractivity contribution in [1.82, 2.24) is 0 Å². The van der Waals surface area contributed by atoms with Gasteiger partial charge in [0.15, 0.2) is 0 Å². The number of hydrogen-bond acceptors (Lipinski definition) is 4. The Morgan fingerprint density at radius 1 is 1.04 bits per heavy atom. The van der Waals surface area contributed by atoms with E-state index in [-0.39, 0.29) is 13.2 Å². The first-order chi connectivity index (χ1) is 11.1. The fraction of sp³-hybridized carbons (Fsp3) is 0.188. The summed E-state index contributed by atoms with van der Waals surface area (Å²) in [6.45, 7) is 0.294. The van der Waals surface area contributed by atoms with Crippen molar-refractivity contribution in [2.75, 3.05) is 29.1 Å². The molecule has 2 amide bonds. The molecule has 0 aliphatic heterocycles. The molecular weight excluding hydrogens is 362 g/mol. The molecular formula is C16H18BrN3O3. The summed E-state index contributed by atoms with van der Waals surface area (Å²) in [5.41, 5.74) is 2.57. The molecule has 2 aromatic carbocycles. The molecule has 0 aromatic heterocycles. The topological polar surface area (TPSA) is 93.6 Å². The summed E-state index contributed by atoms with van der Waals surface area (Å²) in [6.07, 6.45) is 0. The molecule has 0 bridgehead atoms. The second kappa shape index (κ2) is 8.52. The van der Waals surface area contributed by atoms with Crippen molar-refractivity contribution in [3.63, 3.8) is 0 Å². The summed E-state index contributed by atoms with van der Waals surface area (Å²) in [7, 11) is 0. The molecule has 5 N–H and O–H groups in total. The molecule has 0 saturated heterocycles. The van der Waals surface area contributed by atoms with Crippen molar-refractivity contribution >= 4 is 39.0 Å². The Labute approximate surface area is 142 Å². The SMILES string of the molecule is O=C(Nc1cc(Br)cc(NCCO)c1)Nc1ccccc1CO. The van der Waals surface area contributed by atoms with Crippen LogP contribution in [0.25, 0.3) is 0 Å². The van der Waals surface area contributed by atoms with Crippen molar-refractivity contribution in [3.05, 3.63) is 52.5 Å². The highest BCUT2D eigenvalue weighted by Crippen LogP contribution is 2.23. The van der Waals surface area contributed by atoms with E-state index < -0.39 is 6.03 Å². The summed E-state index contributed by atoms with van der Waals surface area (Å²) in [6, 6.07) is 12.0. The first kappa shape index (κ1) is 17.3. The van der Waals surface area contributed by atoms with Crippen molar-refractivity contribution in [3.8, 4) is 0 Å². The van der Waals surface area contributed by atoms with Gasteiger partial charge in [-0.2, -0.15) is 0 Å². The van der Waals surface area contributed by atoms with Gasteiger partial charge in [0.1, 0.15) is 0 Å². The number of aliphatic hydroxyl groups is 2. The maximum atomic E-state index is 12.1. The molecule has 2 aromatic rings. The van der Waals surface area contributed by atoms with Gasteiger partial charge < -0.3 is 26.2 Å². The van der Waals surface area contributed by atoms with E-state index in [0.29, 0.717) is 23.5 Å². The lowest BCUT2D eigenvalue weighted by Gasteiger charge is -2.12. The van der Waals surface area contributed by atoms with Gasteiger partial charge in [-0.05, 0) is 24.3 Å². The minimum Gasteiger partial charge on any atom is -0.395 e. The third kappa shape index (κ3) is 5.24. The summed E-state index contributed by atoms with van der Waals surface area (Å²) >= 11 is 3.38. The number of carbonyl (C=O) groups is 1. The summed E-state index contributed by atoms with van der Waals surface area (Å²) in [5.74, 6) is 0. The van der Waals surface area contributed by atoms with Crippen LogP contribution in [0.2, 0.25) is 0 Å². The maximum absolute atomic E-state index is 12.1. The quantitative estimate of drug-likeness (QED) is 0.533. The largest absolute Gasteiger partial charge is 0.395 e. The Bertz CT molecular complexity index is 679. The molecule has 0 unspecified atom stereocenters. The highest BCUT2D eigenvalue weighted by Gasteiger charge is 2.07. The minimum atomic E-state index is -0.405. The Morgan fingerprint density at radius 3 is 2.52 bits per heavy atom. The second-order valence-corrected chi connectivity index (χ2v) is 5.69. The van der Waals surface area contributed by atoms with E-state index in [1.807, 2.05) is 6.07 Å². The molecule has 0 heterocycles. The third-order valence-corrected chi connectivity index (χ3v) is 3.49. The number of hydrogen-bond donors (Lipinski definition) is 5. The van der Waals surface area contributed by atoms with Crippen LogP contribution >= 0.6 is 15.9 Å². The number of para-hydroxylation sites is 1. The van der Waals surface area contributed by atoms with Gasteiger partial charge in [-0.25, -0.2) is 4.79 Å². The number of nitrogens with one attached hydrogen (secondary N) is 3. The van der Waals surface area contributed by atoms with Crippen molar-refractivity contribution < 1.29 is 15.0 Å². The number of benzene rings is 2. The number of amides is 2. The van der Waals surface area contributed by atoms with Gasteiger partial charge in [0.25, 0.3) is 0 Å². The van der Waals surface area contributed by atoms with E-state index in [4.69, 9.17) is 5.11 Å². The lowest BCUT2D eigenvalue weighted by molar-refractivity contribution is 0.262. The van der Waals surface area contributed by atoms with E-state index >= 15 is 0 Å². The zero-order chi connectivity index (χ0) is 16.7. The van der Waals surface area contributed by atoms with Gasteiger partial charge in [-0.1, -0.05) is 34.1 Å². The van der Waals surface area contributed by atoms with E-state index in [0.717, 1.165) is 10.2 Å². The molecule has 2 rings (SSSR count). The van der Waals surface area contributed by atoms with Crippen LogP contribution in [0.3, 0.4) is 0 Å². The normalized spacial score (nSPS) is 10.2. The molecule has 0 saturated carbocycles. The van der Waals surface area contributed by atoms with Crippen LogP contribution in [-0.2, 0) is 6.61 Å². The average Bonchev–Trinajstić information content (AvgIpc) is 2.52. The van der Waals surface area contributed by atoms with Crippen LogP contribution in [0.1, 0.15) is 5.56 Å². The molecule has 0 atom stereocenters. The highest BCUT2D eigenvalue weighted by atomic mass is 79.9. The van der Waals surface area contributed by atoms with Crippen molar-refractivity contribution in [1.29, 1.82) is 0 Å². The maximum Gasteiger partial charge on any atom is 0.323 e. The third-order valence-electron chi connectivity index (χ3n) is 3.03. The molecule has 23 heavy (non-hydrogen) atoms. The van der Waals surface area contributed by atoms with E-state index in [9.17, 15) is 9.90 Å².